The Morgan fingerprint density at radius 1 is 1.29 bits per heavy atom. The number of non-ortho nitro benzene ring substituents is 1. The number of benzene rings is 1. The highest BCUT2D eigenvalue weighted by Crippen LogP contribution is 2.38. The number of nitro groups is 1. The quantitative estimate of drug-likeness (QED) is 0.344. The first-order chi connectivity index (χ1) is 14.6. The number of rotatable bonds is 6. The number of aryl methyl sites for hydroxylation is 1. The van der Waals surface area contributed by atoms with Crippen LogP contribution < -0.4 is 5.32 Å². The molecule has 0 saturated heterocycles. The maximum absolute atomic E-state index is 13.3. The lowest BCUT2D eigenvalue weighted by atomic mass is 9.95. The monoisotopic (exact) mass is 456 g/mol. The normalized spacial score (nSPS) is 15.1. The molecule has 0 atom stereocenters. The van der Waals surface area contributed by atoms with Gasteiger partial charge in [0.15, 0.2) is 5.16 Å². The molecule has 31 heavy (non-hydrogen) atoms. The Bertz CT molecular complexity index is 985. The van der Waals surface area contributed by atoms with E-state index in [0.717, 1.165) is 49.2 Å². The summed E-state index contributed by atoms with van der Waals surface area (Å²) in [5.74, 6) is -0.769. The van der Waals surface area contributed by atoms with E-state index in [4.69, 9.17) is 0 Å². The molecule has 1 saturated carbocycles. The fourth-order valence-electron chi connectivity index (χ4n) is 3.77. The zero-order chi connectivity index (χ0) is 22.8. The van der Waals surface area contributed by atoms with Gasteiger partial charge in [-0.1, -0.05) is 31.0 Å². The Labute approximate surface area is 181 Å². The van der Waals surface area contributed by atoms with Crippen LogP contribution in [0.5, 0.6) is 0 Å². The fourth-order valence-corrected chi connectivity index (χ4v) is 4.73. The SMILES string of the molecule is Cc1nc(SCC(=O)Nc2ccc([N+](=O)[O-])cc2C(F)(F)F)n(C2CCCCC2)c1C. The number of hydrogen-bond donors (Lipinski definition) is 1. The molecule has 0 aliphatic heterocycles. The fraction of sp³-hybridized carbons (Fsp3) is 0.500. The summed E-state index contributed by atoms with van der Waals surface area (Å²) in [6.07, 6.45) is 0.693. The van der Waals surface area contributed by atoms with Gasteiger partial charge < -0.3 is 9.88 Å². The number of imidazole rings is 1. The topological polar surface area (TPSA) is 90.1 Å². The number of carbonyl (C=O) groups is 1. The number of nitrogens with one attached hydrogen (secondary N) is 1. The molecule has 3 rings (SSSR count). The summed E-state index contributed by atoms with van der Waals surface area (Å²) in [6.45, 7) is 3.87. The lowest BCUT2D eigenvalue weighted by Gasteiger charge is -2.26. The van der Waals surface area contributed by atoms with Crippen LogP contribution in [0.2, 0.25) is 0 Å². The summed E-state index contributed by atoms with van der Waals surface area (Å²) < 4.78 is 42.1. The summed E-state index contributed by atoms with van der Waals surface area (Å²) in [5.41, 5.74) is -0.560. The third-order valence-corrected chi connectivity index (χ3v) is 6.37. The van der Waals surface area contributed by atoms with Crippen molar-refractivity contribution in [1.29, 1.82) is 0 Å². The van der Waals surface area contributed by atoms with Gasteiger partial charge in [-0.2, -0.15) is 13.2 Å². The standard InChI is InChI=1S/C20H23F3N4O3S/c1-12-13(2)26(14-6-4-3-5-7-14)19(24-12)31-11-18(28)25-17-9-8-15(27(29)30)10-16(17)20(21,22)23/h8-10,14H,3-7,11H2,1-2H3,(H,25,28). The van der Waals surface area contributed by atoms with E-state index in [1.165, 1.54) is 18.2 Å². The van der Waals surface area contributed by atoms with Crippen LogP contribution in [0.3, 0.4) is 0 Å². The summed E-state index contributed by atoms with van der Waals surface area (Å²) in [7, 11) is 0. The number of hydrogen-bond acceptors (Lipinski definition) is 5. The number of halogens is 3. The van der Waals surface area contributed by atoms with E-state index in [0.29, 0.717) is 17.3 Å². The van der Waals surface area contributed by atoms with Gasteiger partial charge >= 0.3 is 6.18 Å². The minimum Gasteiger partial charge on any atom is -0.325 e. The van der Waals surface area contributed by atoms with E-state index < -0.39 is 33.9 Å². The highest BCUT2D eigenvalue weighted by atomic mass is 32.2. The minimum atomic E-state index is -4.84. The second-order valence-electron chi connectivity index (χ2n) is 7.55. The molecule has 1 aromatic carbocycles. The lowest BCUT2D eigenvalue weighted by molar-refractivity contribution is -0.385. The molecular weight excluding hydrogens is 433 g/mol. The Morgan fingerprint density at radius 2 is 1.97 bits per heavy atom. The highest BCUT2D eigenvalue weighted by molar-refractivity contribution is 7.99. The minimum absolute atomic E-state index is 0.128. The molecule has 1 fully saturated rings. The van der Waals surface area contributed by atoms with Gasteiger partial charge in [0.05, 0.1) is 27.6 Å². The molecular formula is C20H23F3N4O3S. The smallest absolute Gasteiger partial charge is 0.325 e. The van der Waals surface area contributed by atoms with Crippen LogP contribution >= 0.6 is 11.8 Å². The van der Waals surface area contributed by atoms with E-state index >= 15 is 0 Å². The average molecular weight is 456 g/mol. The van der Waals surface area contributed by atoms with Crippen molar-refractivity contribution in [2.45, 2.75) is 63.3 Å². The maximum Gasteiger partial charge on any atom is 0.418 e. The second kappa shape index (κ2) is 9.29. The number of carbonyl (C=O) groups excluding carboxylic acids is 1. The number of nitro benzene ring substituents is 1. The molecule has 2 aromatic rings. The number of amides is 1. The van der Waals surface area contributed by atoms with Crippen molar-refractivity contribution in [1.82, 2.24) is 9.55 Å². The molecule has 0 radical (unpaired) electrons. The predicted molar refractivity (Wildman–Crippen MR) is 111 cm³/mol. The largest absolute Gasteiger partial charge is 0.418 e. The third-order valence-electron chi connectivity index (χ3n) is 5.42. The zero-order valence-corrected chi connectivity index (χ0v) is 18.0. The van der Waals surface area contributed by atoms with Crippen LogP contribution in [0, 0.1) is 24.0 Å². The molecule has 0 unspecified atom stereocenters. The summed E-state index contributed by atoms with van der Waals surface area (Å²) in [4.78, 5) is 26.8. The Morgan fingerprint density at radius 3 is 2.58 bits per heavy atom. The van der Waals surface area contributed by atoms with Gasteiger partial charge in [-0.15, -0.1) is 0 Å². The van der Waals surface area contributed by atoms with Crippen LogP contribution in [0.15, 0.2) is 23.4 Å². The van der Waals surface area contributed by atoms with Crippen molar-refractivity contribution in [3.8, 4) is 0 Å². The van der Waals surface area contributed by atoms with Crippen LogP contribution in [-0.2, 0) is 11.0 Å². The third kappa shape index (κ3) is 5.38. The molecule has 168 valence electrons. The molecule has 0 spiro atoms. The van der Waals surface area contributed by atoms with Crippen molar-refractivity contribution in [2.24, 2.45) is 0 Å². The van der Waals surface area contributed by atoms with Gasteiger partial charge in [0.1, 0.15) is 0 Å². The Kier molecular flexibility index (Phi) is 6.93. The first-order valence-electron chi connectivity index (χ1n) is 9.91. The lowest BCUT2D eigenvalue weighted by Crippen LogP contribution is -2.19. The Hall–Kier alpha value is -2.56. The maximum atomic E-state index is 13.3. The molecule has 1 aromatic heterocycles. The molecule has 1 N–H and O–H groups in total. The van der Waals surface area contributed by atoms with E-state index in [2.05, 4.69) is 14.9 Å². The van der Waals surface area contributed by atoms with Crippen molar-refractivity contribution in [3.05, 3.63) is 45.3 Å². The molecule has 1 aliphatic rings. The summed E-state index contributed by atoms with van der Waals surface area (Å²) in [6, 6.07) is 2.57. The van der Waals surface area contributed by atoms with Crippen molar-refractivity contribution < 1.29 is 22.9 Å². The van der Waals surface area contributed by atoms with Gasteiger partial charge in [0.2, 0.25) is 5.91 Å². The van der Waals surface area contributed by atoms with Gasteiger partial charge in [-0.25, -0.2) is 4.98 Å². The zero-order valence-electron chi connectivity index (χ0n) is 17.2. The number of thioether (sulfide) groups is 1. The van der Waals surface area contributed by atoms with Gasteiger partial charge in [-0.05, 0) is 32.8 Å². The van der Waals surface area contributed by atoms with Crippen LogP contribution in [0.25, 0.3) is 0 Å². The van der Waals surface area contributed by atoms with Gasteiger partial charge in [0.25, 0.3) is 5.69 Å². The molecule has 7 nitrogen and oxygen atoms in total. The molecule has 11 heteroatoms. The van der Waals surface area contributed by atoms with Crippen LogP contribution in [0.4, 0.5) is 24.5 Å². The second-order valence-corrected chi connectivity index (χ2v) is 8.49. The number of anilines is 1. The van der Waals surface area contributed by atoms with Crippen molar-refractivity contribution >= 4 is 29.0 Å². The average Bonchev–Trinajstić information content (AvgIpc) is 3.00. The number of alkyl halides is 3. The summed E-state index contributed by atoms with van der Waals surface area (Å²) >= 11 is 1.17. The summed E-state index contributed by atoms with van der Waals surface area (Å²) in [5, 5.41) is 13.7. The van der Waals surface area contributed by atoms with E-state index in [-0.39, 0.29) is 5.75 Å². The van der Waals surface area contributed by atoms with Crippen molar-refractivity contribution in [3.63, 3.8) is 0 Å². The number of nitrogens with zero attached hydrogens (tertiary/aromatic N) is 3. The predicted octanol–water partition coefficient (Wildman–Crippen LogP) is 5.66. The van der Waals surface area contributed by atoms with E-state index in [1.54, 1.807) is 0 Å². The highest BCUT2D eigenvalue weighted by Gasteiger charge is 2.35. The van der Waals surface area contributed by atoms with Gasteiger partial charge in [-0.3, -0.25) is 14.9 Å². The van der Waals surface area contributed by atoms with E-state index in [9.17, 15) is 28.1 Å². The molecule has 1 amide bonds. The van der Waals surface area contributed by atoms with E-state index in [1.807, 2.05) is 13.8 Å². The first-order valence-corrected chi connectivity index (χ1v) is 10.9. The van der Waals surface area contributed by atoms with Crippen LogP contribution in [-0.4, -0.2) is 26.1 Å². The van der Waals surface area contributed by atoms with Gasteiger partial charge in [0, 0.05) is 23.9 Å². The van der Waals surface area contributed by atoms with Crippen LogP contribution in [0.1, 0.15) is 55.1 Å². The first kappa shape index (κ1) is 23.1. The number of aromatic nitrogens is 2. The Balaban J connectivity index is 1.74. The molecule has 1 aliphatic carbocycles. The molecule has 1 heterocycles. The molecule has 0 bridgehead atoms. The van der Waals surface area contributed by atoms with Crippen molar-refractivity contribution in [2.75, 3.05) is 11.1 Å².